The molecule has 0 spiro atoms. The minimum Gasteiger partial charge on any atom is -0.423 e. The molecule has 8 nitrogen and oxygen atoms in total. The van der Waals surface area contributed by atoms with E-state index in [4.69, 9.17) is 4.42 Å². The lowest BCUT2D eigenvalue weighted by Crippen LogP contribution is -2.42. The van der Waals surface area contributed by atoms with E-state index in [1.54, 1.807) is 0 Å². The van der Waals surface area contributed by atoms with Crippen LogP contribution in [0.3, 0.4) is 0 Å². The number of oxazole rings is 1. The first kappa shape index (κ1) is 18.4. The summed E-state index contributed by atoms with van der Waals surface area (Å²) in [6, 6.07) is 17.8. The number of benzene rings is 2. The van der Waals surface area contributed by atoms with Crippen LogP contribution in [-0.2, 0) is 4.79 Å². The fourth-order valence-electron chi connectivity index (χ4n) is 3.90. The molecule has 0 saturated carbocycles. The first-order valence-corrected chi connectivity index (χ1v) is 10.1. The molecule has 5 rings (SSSR count). The minimum absolute atomic E-state index is 0.0254. The van der Waals surface area contributed by atoms with Crippen molar-refractivity contribution in [2.24, 2.45) is 5.92 Å². The van der Waals surface area contributed by atoms with Gasteiger partial charge in [-0.25, -0.2) is 4.98 Å². The van der Waals surface area contributed by atoms with Gasteiger partial charge in [-0.2, -0.15) is 10.1 Å². The fourth-order valence-corrected chi connectivity index (χ4v) is 3.90. The van der Waals surface area contributed by atoms with E-state index in [0.29, 0.717) is 11.8 Å². The molecule has 8 heteroatoms. The lowest BCUT2D eigenvalue weighted by molar-refractivity contribution is -0.126. The number of amides is 1. The Morgan fingerprint density at radius 1 is 1.10 bits per heavy atom. The van der Waals surface area contributed by atoms with Gasteiger partial charge in [0.05, 0.1) is 0 Å². The van der Waals surface area contributed by atoms with E-state index in [1.165, 1.54) is 6.33 Å². The lowest BCUT2D eigenvalue weighted by atomic mass is 9.95. The second-order valence-corrected chi connectivity index (χ2v) is 7.45. The van der Waals surface area contributed by atoms with Crippen LogP contribution >= 0.6 is 0 Å². The van der Waals surface area contributed by atoms with Crippen molar-refractivity contribution in [1.82, 2.24) is 25.5 Å². The summed E-state index contributed by atoms with van der Waals surface area (Å²) in [5, 5.41) is 9.97. The predicted molar refractivity (Wildman–Crippen MR) is 112 cm³/mol. The molecule has 2 aromatic heterocycles. The van der Waals surface area contributed by atoms with Gasteiger partial charge in [0.15, 0.2) is 11.4 Å². The summed E-state index contributed by atoms with van der Waals surface area (Å²) in [6.45, 7) is 1.45. The molecule has 1 atom stereocenters. The number of hydrogen-bond acceptors (Lipinski definition) is 6. The molecule has 1 amide bonds. The molecule has 30 heavy (non-hydrogen) atoms. The summed E-state index contributed by atoms with van der Waals surface area (Å²) in [5.74, 6) is 0.579. The maximum absolute atomic E-state index is 13.0. The van der Waals surface area contributed by atoms with Crippen molar-refractivity contribution < 1.29 is 9.21 Å². The van der Waals surface area contributed by atoms with Gasteiger partial charge in [-0.3, -0.25) is 9.89 Å². The van der Waals surface area contributed by atoms with E-state index in [9.17, 15) is 4.79 Å². The number of carbonyl (C=O) groups is 1. The number of fused-ring (bicyclic) bond motifs is 1. The van der Waals surface area contributed by atoms with E-state index in [1.807, 2.05) is 54.6 Å². The molecule has 1 fully saturated rings. The number of H-pyrrole nitrogens is 1. The van der Waals surface area contributed by atoms with E-state index in [2.05, 4.69) is 30.4 Å². The molecular weight excluding hydrogens is 380 g/mol. The Morgan fingerprint density at radius 2 is 1.87 bits per heavy atom. The Kier molecular flexibility index (Phi) is 4.88. The zero-order valence-electron chi connectivity index (χ0n) is 16.4. The quantitative estimate of drug-likeness (QED) is 0.532. The third-order valence-electron chi connectivity index (χ3n) is 5.55. The molecule has 3 heterocycles. The summed E-state index contributed by atoms with van der Waals surface area (Å²) >= 11 is 0. The van der Waals surface area contributed by atoms with Gasteiger partial charge in [-0.1, -0.05) is 42.5 Å². The van der Waals surface area contributed by atoms with Crippen LogP contribution in [0.25, 0.3) is 11.1 Å². The molecule has 2 N–H and O–H groups in total. The smallest absolute Gasteiger partial charge is 0.298 e. The van der Waals surface area contributed by atoms with Crippen molar-refractivity contribution >= 4 is 23.0 Å². The van der Waals surface area contributed by atoms with Gasteiger partial charge in [0, 0.05) is 19.0 Å². The molecule has 0 bridgehead atoms. The third-order valence-corrected chi connectivity index (χ3v) is 5.55. The van der Waals surface area contributed by atoms with Crippen LogP contribution in [0.1, 0.15) is 30.3 Å². The van der Waals surface area contributed by atoms with Crippen LogP contribution < -0.4 is 10.2 Å². The van der Waals surface area contributed by atoms with Gasteiger partial charge in [0.1, 0.15) is 17.9 Å². The summed E-state index contributed by atoms with van der Waals surface area (Å²) in [7, 11) is 0. The Morgan fingerprint density at radius 3 is 2.60 bits per heavy atom. The highest BCUT2D eigenvalue weighted by atomic mass is 16.4. The van der Waals surface area contributed by atoms with Gasteiger partial charge >= 0.3 is 0 Å². The SMILES string of the molecule is O=C(NC(c1ccccc1)c1ncn[nH]1)C1CCN(c2nc3ccccc3o2)CC1. The van der Waals surface area contributed by atoms with Gasteiger partial charge in [-0.15, -0.1) is 0 Å². The number of carbonyl (C=O) groups excluding carboxylic acids is 1. The van der Waals surface area contributed by atoms with Crippen molar-refractivity contribution in [3.05, 3.63) is 72.3 Å². The number of piperidine rings is 1. The number of rotatable bonds is 5. The molecule has 4 aromatic rings. The number of aromatic nitrogens is 4. The van der Waals surface area contributed by atoms with Crippen molar-refractivity contribution in [1.29, 1.82) is 0 Å². The normalized spacial score (nSPS) is 15.9. The van der Waals surface area contributed by atoms with E-state index in [-0.39, 0.29) is 17.9 Å². The van der Waals surface area contributed by atoms with Crippen LogP contribution in [0, 0.1) is 5.92 Å². The summed E-state index contributed by atoms with van der Waals surface area (Å²) in [5.41, 5.74) is 2.60. The highest BCUT2D eigenvalue weighted by Crippen LogP contribution is 2.27. The Balaban J connectivity index is 1.26. The molecule has 1 aliphatic heterocycles. The number of nitrogens with zero attached hydrogens (tertiary/aromatic N) is 4. The zero-order chi connectivity index (χ0) is 20.3. The average molecular weight is 402 g/mol. The Labute approximate surface area is 173 Å². The summed E-state index contributed by atoms with van der Waals surface area (Å²) < 4.78 is 5.87. The zero-order valence-corrected chi connectivity index (χ0v) is 16.4. The molecule has 1 saturated heterocycles. The third kappa shape index (κ3) is 3.63. The first-order valence-electron chi connectivity index (χ1n) is 10.1. The van der Waals surface area contributed by atoms with Crippen LogP contribution in [0.4, 0.5) is 6.01 Å². The van der Waals surface area contributed by atoms with E-state index >= 15 is 0 Å². The fraction of sp³-hybridized carbons (Fsp3) is 0.273. The van der Waals surface area contributed by atoms with Crippen LogP contribution in [0.15, 0.2) is 65.3 Å². The highest BCUT2D eigenvalue weighted by molar-refractivity contribution is 5.80. The van der Waals surface area contributed by atoms with Crippen LogP contribution in [-0.4, -0.2) is 39.2 Å². The van der Waals surface area contributed by atoms with Gasteiger partial charge in [-0.05, 0) is 30.5 Å². The minimum atomic E-state index is -0.351. The number of anilines is 1. The second-order valence-electron chi connectivity index (χ2n) is 7.45. The predicted octanol–water partition coefficient (Wildman–Crippen LogP) is 3.07. The average Bonchev–Trinajstić information content (AvgIpc) is 3.48. The molecule has 0 radical (unpaired) electrons. The highest BCUT2D eigenvalue weighted by Gasteiger charge is 2.29. The summed E-state index contributed by atoms with van der Waals surface area (Å²) in [6.07, 6.45) is 2.93. The monoisotopic (exact) mass is 402 g/mol. The maximum Gasteiger partial charge on any atom is 0.298 e. The second kappa shape index (κ2) is 7.98. The number of hydrogen-bond donors (Lipinski definition) is 2. The molecular formula is C22H22N6O2. The van der Waals surface area contributed by atoms with Crippen molar-refractivity contribution in [3.8, 4) is 0 Å². The Hall–Kier alpha value is -3.68. The van der Waals surface area contributed by atoms with E-state index < -0.39 is 0 Å². The number of nitrogens with one attached hydrogen (secondary N) is 2. The van der Waals surface area contributed by atoms with Gasteiger partial charge in [0.2, 0.25) is 5.91 Å². The standard InChI is InChI=1S/C22H22N6O2/c29-21(26-19(20-23-14-24-27-20)15-6-2-1-3-7-15)16-10-12-28(13-11-16)22-25-17-8-4-5-9-18(17)30-22/h1-9,14,16,19H,10-13H2,(H,26,29)(H,23,24,27). The van der Waals surface area contributed by atoms with Crippen LogP contribution in [0.2, 0.25) is 0 Å². The molecule has 0 aliphatic carbocycles. The molecule has 2 aromatic carbocycles. The van der Waals surface area contributed by atoms with E-state index in [0.717, 1.165) is 42.6 Å². The van der Waals surface area contributed by atoms with Gasteiger partial charge in [0.25, 0.3) is 6.01 Å². The Bertz CT molecular complexity index is 1080. The van der Waals surface area contributed by atoms with Gasteiger partial charge < -0.3 is 14.6 Å². The first-order chi connectivity index (χ1) is 14.8. The van der Waals surface area contributed by atoms with Crippen LogP contribution in [0.5, 0.6) is 0 Å². The topological polar surface area (TPSA) is 99.9 Å². The lowest BCUT2D eigenvalue weighted by Gasteiger charge is -2.31. The van der Waals surface area contributed by atoms with Crippen molar-refractivity contribution in [3.63, 3.8) is 0 Å². The summed E-state index contributed by atoms with van der Waals surface area (Å²) in [4.78, 5) is 24.0. The van der Waals surface area contributed by atoms with Crippen molar-refractivity contribution in [2.45, 2.75) is 18.9 Å². The number of para-hydroxylation sites is 2. The maximum atomic E-state index is 13.0. The molecule has 1 unspecified atom stereocenters. The number of aromatic amines is 1. The van der Waals surface area contributed by atoms with Crippen molar-refractivity contribution in [2.75, 3.05) is 18.0 Å². The largest absolute Gasteiger partial charge is 0.423 e. The molecule has 152 valence electrons. The molecule has 1 aliphatic rings.